The molecule has 0 unspecified atom stereocenters. The normalized spacial score (nSPS) is 10.7. The number of nitrogens with zero attached hydrogens (tertiary/aromatic N) is 4. The van der Waals surface area contributed by atoms with Crippen LogP contribution in [-0.2, 0) is 6.54 Å². The molecule has 2 heterocycles. The molecule has 0 bridgehead atoms. The van der Waals surface area contributed by atoms with Gasteiger partial charge in [-0.1, -0.05) is 16.9 Å². The Kier molecular flexibility index (Phi) is 2.60. The molecule has 0 N–H and O–H groups in total. The summed E-state index contributed by atoms with van der Waals surface area (Å²) in [6.07, 6.45) is 5.32. The molecule has 0 fully saturated rings. The maximum atomic E-state index is 12.1. The van der Waals surface area contributed by atoms with Crippen molar-refractivity contribution in [3.05, 3.63) is 40.1 Å². The molecule has 0 aromatic carbocycles. The second-order valence-corrected chi connectivity index (χ2v) is 4.03. The minimum Gasteiger partial charge on any atom is -0.306 e. The molecule has 0 saturated heterocycles. The highest BCUT2D eigenvalue weighted by Crippen LogP contribution is 2.00. The zero-order chi connectivity index (χ0) is 11.7. The van der Waals surface area contributed by atoms with Gasteiger partial charge in [0.25, 0.3) is 5.56 Å². The molecule has 0 spiro atoms. The summed E-state index contributed by atoms with van der Waals surface area (Å²) < 4.78 is 3.22. The Balaban J connectivity index is 2.60. The fourth-order valence-electron chi connectivity index (χ4n) is 1.54. The summed E-state index contributed by atoms with van der Waals surface area (Å²) in [5.41, 5.74) is 2.52. The van der Waals surface area contributed by atoms with Crippen LogP contribution in [0, 0.1) is 6.92 Å². The van der Waals surface area contributed by atoms with Gasteiger partial charge >= 0.3 is 0 Å². The van der Waals surface area contributed by atoms with E-state index in [1.54, 1.807) is 4.57 Å². The third-order valence-electron chi connectivity index (χ3n) is 2.46. The average molecular weight is 218 g/mol. The zero-order valence-corrected chi connectivity index (χ0v) is 9.64. The van der Waals surface area contributed by atoms with Gasteiger partial charge in [0.05, 0.1) is 12.4 Å². The maximum absolute atomic E-state index is 12.1. The molecule has 0 aliphatic carbocycles. The van der Waals surface area contributed by atoms with Crippen LogP contribution < -0.4 is 5.56 Å². The Bertz CT molecular complexity index is 602. The number of aromatic nitrogens is 4. The average Bonchev–Trinajstić information content (AvgIpc) is 2.64. The Hall–Kier alpha value is -1.91. The van der Waals surface area contributed by atoms with Crippen LogP contribution in [0.25, 0.3) is 5.52 Å². The summed E-state index contributed by atoms with van der Waals surface area (Å²) in [5.74, 6) is 0. The Morgan fingerprint density at radius 1 is 1.50 bits per heavy atom. The highest BCUT2D eigenvalue weighted by molar-refractivity contribution is 5.40. The quantitative estimate of drug-likeness (QED) is 0.711. The number of fused-ring (bicyclic) bond motifs is 1. The second kappa shape index (κ2) is 3.92. The van der Waals surface area contributed by atoms with Crippen LogP contribution in [0.5, 0.6) is 0 Å². The van der Waals surface area contributed by atoms with Crippen LogP contribution in [0.4, 0.5) is 0 Å². The van der Waals surface area contributed by atoms with Crippen LogP contribution in [0.1, 0.15) is 19.5 Å². The number of hydrogen-bond acceptors (Lipinski definition) is 3. The Morgan fingerprint density at radius 3 is 2.94 bits per heavy atom. The fraction of sp³-hybridized carbons (Fsp3) is 0.364. The van der Waals surface area contributed by atoms with Gasteiger partial charge < -0.3 is 4.57 Å². The largest absolute Gasteiger partial charge is 0.306 e. The summed E-state index contributed by atoms with van der Waals surface area (Å²) in [7, 11) is 0. The lowest BCUT2D eigenvalue weighted by Crippen LogP contribution is -2.23. The van der Waals surface area contributed by atoms with Gasteiger partial charge in [-0.05, 0) is 20.8 Å². The minimum atomic E-state index is -0.0532. The van der Waals surface area contributed by atoms with Crippen molar-refractivity contribution in [3.8, 4) is 0 Å². The van der Waals surface area contributed by atoms with Gasteiger partial charge in [-0.25, -0.2) is 4.52 Å². The molecular formula is C11H14N4O. The van der Waals surface area contributed by atoms with Crippen molar-refractivity contribution in [2.75, 3.05) is 0 Å². The van der Waals surface area contributed by atoms with E-state index in [0.717, 1.165) is 5.69 Å². The standard InChI is InChI=1S/C11H14N4O/c1-8(2)4-5-14-9(3)7-15-10(11(14)16)6-12-13-15/h4,6-7H,5H2,1-3H3. The molecule has 5 heteroatoms. The zero-order valence-electron chi connectivity index (χ0n) is 9.64. The van der Waals surface area contributed by atoms with Crippen molar-refractivity contribution < 1.29 is 0 Å². The molecule has 0 aliphatic heterocycles. The third-order valence-corrected chi connectivity index (χ3v) is 2.46. The SMILES string of the molecule is CC(C)=CCn1c(C)cn2nncc2c1=O. The molecule has 0 aliphatic rings. The van der Waals surface area contributed by atoms with E-state index < -0.39 is 0 Å². The minimum absolute atomic E-state index is 0.0532. The van der Waals surface area contributed by atoms with Gasteiger partial charge in [0.2, 0.25) is 0 Å². The van der Waals surface area contributed by atoms with Gasteiger partial charge in [-0.15, -0.1) is 5.10 Å². The van der Waals surface area contributed by atoms with Crippen molar-refractivity contribution in [3.63, 3.8) is 0 Å². The molecule has 2 aromatic rings. The van der Waals surface area contributed by atoms with Crippen molar-refractivity contribution in [2.24, 2.45) is 0 Å². The molecule has 84 valence electrons. The van der Waals surface area contributed by atoms with Crippen LogP contribution in [-0.4, -0.2) is 19.4 Å². The molecule has 0 amide bonds. The summed E-state index contributed by atoms with van der Waals surface area (Å²) in [5, 5.41) is 7.54. The molecule has 0 atom stereocenters. The van der Waals surface area contributed by atoms with Crippen molar-refractivity contribution >= 4 is 5.52 Å². The predicted octanol–water partition coefficient (Wildman–Crippen LogP) is 1.17. The van der Waals surface area contributed by atoms with Gasteiger partial charge in [0.15, 0.2) is 5.52 Å². The molecule has 0 saturated carbocycles. The van der Waals surface area contributed by atoms with E-state index in [1.807, 2.05) is 33.0 Å². The van der Waals surface area contributed by atoms with Crippen LogP contribution >= 0.6 is 0 Å². The van der Waals surface area contributed by atoms with Crippen molar-refractivity contribution in [2.45, 2.75) is 27.3 Å². The van der Waals surface area contributed by atoms with Crippen LogP contribution in [0.2, 0.25) is 0 Å². The van der Waals surface area contributed by atoms with Gasteiger partial charge in [-0.3, -0.25) is 4.79 Å². The number of hydrogen-bond donors (Lipinski definition) is 0. The second-order valence-electron chi connectivity index (χ2n) is 4.03. The van der Waals surface area contributed by atoms with Gasteiger partial charge in [-0.2, -0.15) is 0 Å². The van der Waals surface area contributed by atoms with E-state index in [9.17, 15) is 4.79 Å². The summed E-state index contributed by atoms with van der Waals surface area (Å²) >= 11 is 0. The summed E-state index contributed by atoms with van der Waals surface area (Å²) in [4.78, 5) is 12.1. The lowest BCUT2D eigenvalue weighted by molar-refractivity contribution is 0.717. The first-order chi connectivity index (χ1) is 7.59. The Morgan fingerprint density at radius 2 is 2.25 bits per heavy atom. The number of rotatable bonds is 2. The fourth-order valence-corrected chi connectivity index (χ4v) is 1.54. The lowest BCUT2D eigenvalue weighted by Gasteiger charge is -2.07. The van der Waals surface area contributed by atoms with E-state index in [4.69, 9.17) is 0 Å². The smallest absolute Gasteiger partial charge is 0.278 e. The topological polar surface area (TPSA) is 52.2 Å². The first-order valence-corrected chi connectivity index (χ1v) is 5.13. The molecule has 2 aromatic heterocycles. The first kappa shape index (κ1) is 10.6. The highest BCUT2D eigenvalue weighted by atomic mass is 16.1. The predicted molar refractivity (Wildman–Crippen MR) is 61.4 cm³/mol. The molecule has 2 rings (SSSR count). The molecule has 16 heavy (non-hydrogen) atoms. The molecule has 0 radical (unpaired) electrons. The van der Waals surface area contributed by atoms with E-state index in [1.165, 1.54) is 16.3 Å². The third kappa shape index (κ3) is 1.76. The number of allylic oxidation sites excluding steroid dienone is 2. The molecule has 5 nitrogen and oxygen atoms in total. The van der Waals surface area contributed by atoms with Crippen molar-refractivity contribution in [1.29, 1.82) is 0 Å². The van der Waals surface area contributed by atoms with E-state index >= 15 is 0 Å². The maximum Gasteiger partial charge on any atom is 0.278 e. The van der Waals surface area contributed by atoms with E-state index in [0.29, 0.717) is 12.1 Å². The Labute approximate surface area is 93.0 Å². The summed E-state index contributed by atoms with van der Waals surface area (Å²) in [6, 6.07) is 0. The van der Waals surface area contributed by atoms with Gasteiger partial charge in [0, 0.05) is 12.2 Å². The number of aryl methyl sites for hydroxylation is 1. The van der Waals surface area contributed by atoms with Crippen molar-refractivity contribution in [1.82, 2.24) is 19.4 Å². The first-order valence-electron chi connectivity index (χ1n) is 5.13. The van der Waals surface area contributed by atoms with E-state index in [2.05, 4.69) is 10.3 Å². The van der Waals surface area contributed by atoms with Crippen LogP contribution in [0.3, 0.4) is 0 Å². The molecular weight excluding hydrogens is 204 g/mol. The van der Waals surface area contributed by atoms with E-state index in [-0.39, 0.29) is 5.56 Å². The monoisotopic (exact) mass is 218 g/mol. The van der Waals surface area contributed by atoms with Crippen LogP contribution in [0.15, 0.2) is 28.8 Å². The highest BCUT2D eigenvalue weighted by Gasteiger charge is 2.06. The lowest BCUT2D eigenvalue weighted by atomic mass is 10.3. The van der Waals surface area contributed by atoms with Gasteiger partial charge in [0.1, 0.15) is 0 Å². The summed E-state index contributed by atoms with van der Waals surface area (Å²) in [6.45, 7) is 6.51.